The predicted molar refractivity (Wildman–Crippen MR) is 73.9 cm³/mol. The summed E-state index contributed by atoms with van der Waals surface area (Å²) in [5.74, 6) is 0. The number of hydrogen-bond donors (Lipinski definition) is 1. The smallest absolute Gasteiger partial charge is 0.264 e. The maximum atomic E-state index is 11.7. The standard InChI is InChI=1S/C11H16Br2N2O/c1-3-8(2)14-4-5-15-7-9(12)6-10(13)11(15)16/h6-8,14H,3-5H2,1-2H3. The maximum Gasteiger partial charge on any atom is 0.264 e. The molecule has 0 bridgehead atoms. The normalized spacial score (nSPS) is 12.8. The van der Waals surface area contributed by atoms with Gasteiger partial charge in [0.05, 0.1) is 4.47 Å². The van der Waals surface area contributed by atoms with E-state index in [4.69, 9.17) is 0 Å². The van der Waals surface area contributed by atoms with Crippen molar-refractivity contribution in [2.45, 2.75) is 32.9 Å². The van der Waals surface area contributed by atoms with Gasteiger partial charge in [0.2, 0.25) is 0 Å². The summed E-state index contributed by atoms with van der Waals surface area (Å²) >= 11 is 6.62. The second-order valence-corrected chi connectivity index (χ2v) is 5.54. The highest BCUT2D eigenvalue weighted by Gasteiger charge is 2.03. The summed E-state index contributed by atoms with van der Waals surface area (Å²) < 4.78 is 3.19. The molecule has 3 nitrogen and oxygen atoms in total. The van der Waals surface area contributed by atoms with Crippen LogP contribution >= 0.6 is 31.9 Å². The molecule has 0 radical (unpaired) electrons. The van der Waals surface area contributed by atoms with Crippen LogP contribution in [0.1, 0.15) is 20.3 Å². The van der Waals surface area contributed by atoms with Crippen molar-refractivity contribution in [1.82, 2.24) is 9.88 Å². The molecule has 90 valence electrons. The zero-order chi connectivity index (χ0) is 12.1. The van der Waals surface area contributed by atoms with Crippen LogP contribution in [0.4, 0.5) is 0 Å². The van der Waals surface area contributed by atoms with Crippen LogP contribution in [0.5, 0.6) is 0 Å². The Hall–Kier alpha value is -0.130. The summed E-state index contributed by atoms with van der Waals surface area (Å²) in [5, 5.41) is 3.36. The number of aromatic nitrogens is 1. The molecule has 0 amide bonds. The Bertz CT molecular complexity index is 403. The van der Waals surface area contributed by atoms with Gasteiger partial charge in [0.25, 0.3) is 5.56 Å². The molecule has 1 rings (SSSR count). The fraction of sp³-hybridized carbons (Fsp3) is 0.545. The van der Waals surface area contributed by atoms with Crippen molar-refractivity contribution in [3.8, 4) is 0 Å². The van der Waals surface area contributed by atoms with E-state index in [1.165, 1.54) is 0 Å². The first-order valence-electron chi connectivity index (χ1n) is 5.33. The minimum absolute atomic E-state index is 0.00847. The highest BCUT2D eigenvalue weighted by atomic mass is 79.9. The quantitative estimate of drug-likeness (QED) is 0.885. The highest BCUT2D eigenvalue weighted by Crippen LogP contribution is 2.12. The molecule has 0 saturated carbocycles. The first kappa shape index (κ1) is 13.9. The van der Waals surface area contributed by atoms with Gasteiger partial charge < -0.3 is 9.88 Å². The number of pyridine rings is 1. The third-order valence-electron chi connectivity index (χ3n) is 2.47. The summed E-state index contributed by atoms with van der Waals surface area (Å²) in [5.41, 5.74) is 0.00847. The molecule has 1 aromatic rings. The molecule has 0 aliphatic rings. The lowest BCUT2D eigenvalue weighted by atomic mass is 10.2. The summed E-state index contributed by atoms with van der Waals surface area (Å²) in [6.07, 6.45) is 2.91. The van der Waals surface area contributed by atoms with E-state index in [0.29, 0.717) is 17.1 Å². The monoisotopic (exact) mass is 350 g/mol. The lowest BCUT2D eigenvalue weighted by molar-refractivity contribution is 0.499. The highest BCUT2D eigenvalue weighted by molar-refractivity contribution is 9.11. The molecule has 1 unspecified atom stereocenters. The molecule has 1 atom stereocenters. The van der Waals surface area contributed by atoms with Crippen LogP contribution in [0.2, 0.25) is 0 Å². The summed E-state index contributed by atoms with van der Waals surface area (Å²) in [6.45, 7) is 5.76. The maximum absolute atomic E-state index is 11.7. The van der Waals surface area contributed by atoms with Crippen LogP contribution in [0.3, 0.4) is 0 Å². The van der Waals surface area contributed by atoms with Crippen LogP contribution in [0, 0.1) is 0 Å². The number of nitrogens with one attached hydrogen (secondary N) is 1. The van der Waals surface area contributed by atoms with E-state index in [9.17, 15) is 4.79 Å². The van der Waals surface area contributed by atoms with E-state index >= 15 is 0 Å². The summed E-state index contributed by atoms with van der Waals surface area (Å²) in [7, 11) is 0. The SMILES string of the molecule is CCC(C)NCCn1cc(Br)cc(Br)c1=O. The number of halogens is 2. The van der Waals surface area contributed by atoms with Crippen molar-refractivity contribution in [2.24, 2.45) is 0 Å². The summed E-state index contributed by atoms with van der Waals surface area (Å²) in [4.78, 5) is 11.7. The molecule has 1 N–H and O–H groups in total. The van der Waals surface area contributed by atoms with Gasteiger partial charge in [0.1, 0.15) is 0 Å². The van der Waals surface area contributed by atoms with Crippen LogP contribution in [-0.2, 0) is 6.54 Å². The van der Waals surface area contributed by atoms with Gasteiger partial charge in [0, 0.05) is 29.8 Å². The van der Waals surface area contributed by atoms with Crippen LogP contribution in [0.15, 0.2) is 26.0 Å². The average molecular weight is 352 g/mol. The minimum Gasteiger partial charge on any atom is -0.312 e. The molecular formula is C11H16Br2N2O. The van der Waals surface area contributed by atoms with Crippen molar-refractivity contribution < 1.29 is 0 Å². The van der Waals surface area contributed by atoms with Gasteiger partial charge in [-0.25, -0.2) is 0 Å². The van der Waals surface area contributed by atoms with E-state index in [-0.39, 0.29) is 5.56 Å². The molecule has 0 spiro atoms. The van der Waals surface area contributed by atoms with E-state index in [0.717, 1.165) is 17.4 Å². The topological polar surface area (TPSA) is 34.0 Å². The van der Waals surface area contributed by atoms with Crippen LogP contribution in [0.25, 0.3) is 0 Å². The Kier molecular flexibility index (Phi) is 5.72. The molecule has 0 aliphatic heterocycles. The molecule has 16 heavy (non-hydrogen) atoms. The third kappa shape index (κ3) is 4.03. The van der Waals surface area contributed by atoms with Gasteiger partial charge in [-0.05, 0) is 51.3 Å². The first-order chi connectivity index (χ1) is 7.54. The van der Waals surface area contributed by atoms with E-state index in [1.807, 2.05) is 6.20 Å². The summed E-state index contributed by atoms with van der Waals surface area (Å²) in [6, 6.07) is 2.26. The average Bonchev–Trinajstić information content (AvgIpc) is 2.24. The van der Waals surface area contributed by atoms with E-state index in [1.54, 1.807) is 10.6 Å². The second kappa shape index (κ2) is 6.57. The van der Waals surface area contributed by atoms with Crippen molar-refractivity contribution in [2.75, 3.05) is 6.54 Å². The largest absolute Gasteiger partial charge is 0.312 e. The number of hydrogen-bond acceptors (Lipinski definition) is 2. The van der Waals surface area contributed by atoms with Crippen molar-refractivity contribution in [1.29, 1.82) is 0 Å². The van der Waals surface area contributed by atoms with Crippen LogP contribution in [-0.4, -0.2) is 17.2 Å². The Labute approximate surface area is 112 Å². The van der Waals surface area contributed by atoms with E-state index < -0.39 is 0 Å². The minimum atomic E-state index is 0.00847. The molecule has 0 fully saturated rings. The molecule has 1 heterocycles. The lowest BCUT2D eigenvalue weighted by Crippen LogP contribution is -2.31. The number of nitrogens with zero attached hydrogens (tertiary/aromatic N) is 1. The van der Waals surface area contributed by atoms with Crippen molar-refractivity contribution >= 4 is 31.9 Å². The van der Waals surface area contributed by atoms with Crippen molar-refractivity contribution in [3.63, 3.8) is 0 Å². The van der Waals surface area contributed by atoms with Gasteiger partial charge in [-0.1, -0.05) is 6.92 Å². The van der Waals surface area contributed by atoms with Gasteiger partial charge in [-0.2, -0.15) is 0 Å². The molecule has 0 saturated heterocycles. The Morgan fingerprint density at radius 2 is 2.19 bits per heavy atom. The molecule has 5 heteroatoms. The molecular weight excluding hydrogens is 336 g/mol. The van der Waals surface area contributed by atoms with Gasteiger partial charge in [-0.3, -0.25) is 4.79 Å². The zero-order valence-electron chi connectivity index (χ0n) is 9.46. The Balaban J connectivity index is 2.64. The fourth-order valence-corrected chi connectivity index (χ4v) is 2.56. The van der Waals surface area contributed by atoms with Crippen molar-refractivity contribution in [3.05, 3.63) is 31.6 Å². The molecule has 1 aromatic heterocycles. The van der Waals surface area contributed by atoms with Gasteiger partial charge in [-0.15, -0.1) is 0 Å². The fourth-order valence-electron chi connectivity index (χ4n) is 1.31. The van der Waals surface area contributed by atoms with Gasteiger partial charge >= 0.3 is 0 Å². The molecule has 0 aromatic carbocycles. The predicted octanol–water partition coefficient (Wildman–Crippen LogP) is 2.76. The Morgan fingerprint density at radius 1 is 1.50 bits per heavy atom. The molecule has 0 aliphatic carbocycles. The van der Waals surface area contributed by atoms with Crippen LogP contribution < -0.4 is 10.9 Å². The third-order valence-corrected chi connectivity index (χ3v) is 3.47. The zero-order valence-corrected chi connectivity index (χ0v) is 12.6. The second-order valence-electron chi connectivity index (χ2n) is 3.77. The number of rotatable bonds is 5. The van der Waals surface area contributed by atoms with Gasteiger partial charge in [0.15, 0.2) is 0 Å². The Morgan fingerprint density at radius 3 is 2.81 bits per heavy atom. The van der Waals surface area contributed by atoms with E-state index in [2.05, 4.69) is 51.0 Å². The lowest BCUT2D eigenvalue weighted by Gasteiger charge is -2.12. The first-order valence-corrected chi connectivity index (χ1v) is 6.92.